The van der Waals surface area contributed by atoms with Crippen LogP contribution in [0.5, 0.6) is 0 Å². The first kappa shape index (κ1) is 25.9. The molecule has 1 atom stereocenters. The molecule has 2 fully saturated rings. The maximum absolute atomic E-state index is 15.1. The van der Waals surface area contributed by atoms with Gasteiger partial charge in [0.05, 0.1) is 5.69 Å². The summed E-state index contributed by atoms with van der Waals surface area (Å²) in [5, 5.41) is -0.577. The van der Waals surface area contributed by atoms with Gasteiger partial charge in [-0.25, -0.2) is 31.0 Å². The van der Waals surface area contributed by atoms with E-state index < -0.39 is 61.2 Å². The Morgan fingerprint density at radius 2 is 1.94 bits per heavy atom. The molecule has 13 heteroatoms. The van der Waals surface area contributed by atoms with E-state index in [2.05, 4.69) is 4.98 Å². The summed E-state index contributed by atoms with van der Waals surface area (Å²) in [6, 6.07) is 4.12. The van der Waals surface area contributed by atoms with Crippen molar-refractivity contribution in [1.29, 1.82) is 0 Å². The van der Waals surface area contributed by atoms with Crippen molar-refractivity contribution >= 4 is 33.1 Å². The number of nitrogens with one attached hydrogen (secondary N) is 1. The Balaban J connectivity index is 1.55. The maximum Gasteiger partial charge on any atom is 0.268 e. The number of hydrogen-bond donors (Lipinski definition) is 1. The van der Waals surface area contributed by atoms with Gasteiger partial charge in [-0.2, -0.15) is 4.39 Å². The van der Waals surface area contributed by atoms with E-state index >= 15 is 4.39 Å². The van der Waals surface area contributed by atoms with Crippen LogP contribution in [0, 0.1) is 23.5 Å². The topological polar surface area (TPSA) is 65.5 Å². The van der Waals surface area contributed by atoms with E-state index in [-0.39, 0.29) is 11.7 Å². The van der Waals surface area contributed by atoms with Crippen molar-refractivity contribution in [3.8, 4) is 0 Å². The molecule has 0 radical (unpaired) electrons. The van der Waals surface area contributed by atoms with Gasteiger partial charge in [-0.3, -0.25) is 9.62 Å². The summed E-state index contributed by atoms with van der Waals surface area (Å²) >= 11 is 6.16. The SMILES string of the molecule is CN(C1CC(C(F)F)C1)[C@]1(C)CCN(c2cc(F)c(S(=O)(=O)Nc3cccc(F)n3)c(F)c2Cl)C1. The Bertz CT molecular complexity index is 1230. The van der Waals surface area contributed by atoms with E-state index in [1.165, 1.54) is 6.07 Å². The first-order valence-electron chi connectivity index (χ1n) is 10.9. The zero-order valence-corrected chi connectivity index (χ0v) is 20.5. The molecule has 0 bridgehead atoms. The smallest absolute Gasteiger partial charge is 0.268 e. The van der Waals surface area contributed by atoms with Crippen molar-refractivity contribution in [3.05, 3.63) is 46.9 Å². The summed E-state index contributed by atoms with van der Waals surface area (Å²) < 4.78 is 96.2. The molecule has 0 spiro atoms. The Morgan fingerprint density at radius 3 is 2.57 bits per heavy atom. The average molecular weight is 539 g/mol. The van der Waals surface area contributed by atoms with Crippen LogP contribution in [0.15, 0.2) is 29.2 Å². The predicted octanol–water partition coefficient (Wildman–Crippen LogP) is 4.90. The molecule has 1 aliphatic heterocycles. The van der Waals surface area contributed by atoms with Crippen LogP contribution in [0.2, 0.25) is 5.02 Å². The molecule has 4 rings (SSSR count). The second-order valence-corrected chi connectivity index (χ2v) is 11.3. The minimum absolute atomic E-state index is 0.0133. The van der Waals surface area contributed by atoms with Crippen molar-refractivity contribution in [2.45, 2.75) is 49.1 Å². The number of nitrogens with zero attached hydrogens (tertiary/aromatic N) is 3. The van der Waals surface area contributed by atoms with Gasteiger partial charge in [-0.1, -0.05) is 17.7 Å². The minimum atomic E-state index is -4.81. The third-order valence-electron chi connectivity index (χ3n) is 7.02. The van der Waals surface area contributed by atoms with E-state index in [0.29, 0.717) is 32.4 Å². The molecule has 0 unspecified atom stereocenters. The van der Waals surface area contributed by atoms with E-state index in [0.717, 1.165) is 18.2 Å². The van der Waals surface area contributed by atoms with E-state index in [4.69, 9.17) is 11.6 Å². The standard InChI is InChI=1S/C22H24ClF5N4O2S/c1-22(31(2)13-8-12(9-13)21(27)28)6-7-32(11-22)15-10-14(24)20(19(26)18(15)23)35(33,34)30-17-5-3-4-16(25)29-17/h3-5,10,12-13,21H,6-9,11H2,1-2H3,(H,29,30)/t12?,13?,22-/m1/s1. The van der Waals surface area contributed by atoms with Gasteiger partial charge in [0.2, 0.25) is 12.4 Å². The number of likely N-dealkylation sites (N-methyl/N-ethyl adjacent to an activating group) is 1. The molecule has 1 N–H and O–H groups in total. The highest BCUT2D eigenvalue weighted by Crippen LogP contribution is 2.43. The van der Waals surface area contributed by atoms with Crippen molar-refractivity contribution in [3.63, 3.8) is 0 Å². The zero-order valence-electron chi connectivity index (χ0n) is 18.9. The predicted molar refractivity (Wildman–Crippen MR) is 122 cm³/mol. The molecular formula is C22H24ClF5N4O2S. The van der Waals surface area contributed by atoms with Gasteiger partial charge in [0.15, 0.2) is 10.7 Å². The lowest BCUT2D eigenvalue weighted by Gasteiger charge is -2.48. The van der Waals surface area contributed by atoms with E-state index in [1.807, 2.05) is 23.6 Å². The monoisotopic (exact) mass is 538 g/mol. The Kier molecular flexibility index (Phi) is 6.93. The molecule has 2 heterocycles. The van der Waals surface area contributed by atoms with Crippen molar-refractivity contribution < 1.29 is 30.4 Å². The molecule has 2 aliphatic rings. The van der Waals surface area contributed by atoms with Gasteiger partial charge < -0.3 is 4.90 Å². The summed E-state index contributed by atoms with van der Waals surface area (Å²) in [4.78, 5) is 5.70. The van der Waals surface area contributed by atoms with Crippen LogP contribution in [0.3, 0.4) is 0 Å². The fourth-order valence-electron chi connectivity index (χ4n) is 4.73. The summed E-state index contributed by atoms with van der Waals surface area (Å²) in [6.07, 6.45) is -0.995. The zero-order chi connectivity index (χ0) is 25.7. The molecule has 1 aromatic carbocycles. The number of alkyl halides is 2. The lowest BCUT2D eigenvalue weighted by Crippen LogP contribution is -2.56. The van der Waals surface area contributed by atoms with Crippen molar-refractivity contribution in [2.24, 2.45) is 5.92 Å². The number of sulfonamides is 1. The van der Waals surface area contributed by atoms with E-state index in [9.17, 15) is 26.0 Å². The van der Waals surface area contributed by atoms with Crippen LogP contribution in [0.1, 0.15) is 26.2 Å². The Hall–Kier alpha value is -2.18. The van der Waals surface area contributed by atoms with Crippen LogP contribution in [0.25, 0.3) is 0 Å². The average Bonchev–Trinajstić information content (AvgIpc) is 3.12. The van der Waals surface area contributed by atoms with Gasteiger partial charge in [-0.05, 0) is 45.4 Å². The highest BCUT2D eigenvalue weighted by molar-refractivity contribution is 7.92. The fourth-order valence-corrected chi connectivity index (χ4v) is 6.20. The number of halogens is 6. The molecule has 1 saturated heterocycles. The lowest BCUT2D eigenvalue weighted by atomic mass is 9.77. The summed E-state index contributed by atoms with van der Waals surface area (Å²) in [6.45, 7) is 2.63. The number of hydrogen-bond acceptors (Lipinski definition) is 5. The van der Waals surface area contributed by atoms with Crippen LogP contribution in [-0.2, 0) is 10.0 Å². The number of pyridine rings is 1. The normalized spacial score (nSPS) is 24.8. The molecular weight excluding hydrogens is 515 g/mol. The summed E-state index contributed by atoms with van der Waals surface area (Å²) in [7, 11) is -2.96. The van der Waals surface area contributed by atoms with Gasteiger partial charge in [0, 0.05) is 36.7 Å². The highest BCUT2D eigenvalue weighted by atomic mass is 35.5. The third kappa shape index (κ3) is 4.92. The number of benzene rings is 1. The lowest BCUT2D eigenvalue weighted by molar-refractivity contribution is -0.0419. The van der Waals surface area contributed by atoms with Crippen molar-refractivity contribution in [1.82, 2.24) is 9.88 Å². The second kappa shape index (κ2) is 9.36. The molecule has 1 aromatic heterocycles. The van der Waals surface area contributed by atoms with Crippen LogP contribution in [-0.4, -0.2) is 56.4 Å². The molecule has 35 heavy (non-hydrogen) atoms. The van der Waals surface area contributed by atoms with Crippen LogP contribution in [0.4, 0.5) is 33.5 Å². The fraction of sp³-hybridized carbons (Fsp3) is 0.500. The largest absolute Gasteiger partial charge is 0.368 e. The molecule has 6 nitrogen and oxygen atoms in total. The van der Waals surface area contributed by atoms with Gasteiger partial charge in [-0.15, -0.1) is 0 Å². The number of aromatic nitrogens is 1. The molecule has 1 aliphatic carbocycles. The highest BCUT2D eigenvalue weighted by Gasteiger charge is 2.46. The molecule has 1 saturated carbocycles. The Labute approximate surface area is 205 Å². The quantitative estimate of drug-likeness (QED) is 0.309. The molecule has 192 valence electrons. The number of rotatable bonds is 7. The summed E-state index contributed by atoms with van der Waals surface area (Å²) in [5.74, 6) is -4.90. The van der Waals surface area contributed by atoms with Crippen LogP contribution < -0.4 is 9.62 Å². The molecule has 0 amide bonds. The van der Waals surface area contributed by atoms with Crippen LogP contribution >= 0.6 is 11.6 Å². The van der Waals surface area contributed by atoms with Gasteiger partial charge in [0.25, 0.3) is 10.0 Å². The summed E-state index contributed by atoms with van der Waals surface area (Å²) in [5.41, 5.74) is -0.468. The van der Waals surface area contributed by atoms with E-state index in [1.54, 1.807) is 4.90 Å². The first-order chi connectivity index (χ1) is 16.3. The first-order valence-corrected chi connectivity index (χ1v) is 12.8. The molecule has 2 aromatic rings. The van der Waals surface area contributed by atoms with Crippen molar-refractivity contribution in [2.75, 3.05) is 29.8 Å². The van der Waals surface area contributed by atoms with Gasteiger partial charge in [0.1, 0.15) is 16.7 Å². The number of anilines is 2. The second-order valence-electron chi connectivity index (χ2n) is 9.28. The Morgan fingerprint density at radius 1 is 1.26 bits per heavy atom. The maximum atomic E-state index is 15.1. The minimum Gasteiger partial charge on any atom is -0.368 e. The third-order valence-corrected chi connectivity index (χ3v) is 8.77. The van der Waals surface area contributed by atoms with Gasteiger partial charge >= 0.3 is 0 Å².